The van der Waals surface area contributed by atoms with Gasteiger partial charge in [-0.05, 0) is 56.0 Å². The number of anilines is 1. The Bertz CT molecular complexity index is 1270. The molecule has 0 amide bonds. The fourth-order valence-electron chi connectivity index (χ4n) is 6.25. The summed E-state index contributed by atoms with van der Waals surface area (Å²) in [6.07, 6.45) is 0.310. The van der Waals surface area contributed by atoms with Crippen LogP contribution in [0, 0.1) is 17.3 Å². The molecule has 3 aliphatic carbocycles. The van der Waals surface area contributed by atoms with Crippen molar-refractivity contribution in [3.8, 4) is 5.75 Å². The molecule has 0 heterocycles. The van der Waals surface area contributed by atoms with Gasteiger partial charge >= 0.3 is 0 Å². The zero-order chi connectivity index (χ0) is 27.8. The number of hydrogen-bond acceptors (Lipinski definition) is 9. The second-order valence-corrected chi connectivity index (χ2v) is 12.1. The summed E-state index contributed by atoms with van der Waals surface area (Å²) in [6.45, 7) is 5.43. The normalized spacial score (nSPS) is 27.8. The molecular formula is C28H36N2O7. The molecule has 0 radical (unpaired) electrons. The molecule has 1 aromatic rings. The lowest BCUT2D eigenvalue weighted by atomic mass is 9.57. The van der Waals surface area contributed by atoms with Gasteiger partial charge in [-0.15, -0.1) is 0 Å². The van der Waals surface area contributed by atoms with Crippen LogP contribution in [0.1, 0.15) is 44.7 Å². The molecular weight excluding hydrogens is 476 g/mol. The number of Topliss-reactive ketones (excluding diaryl/α,β-unsaturated/α-hetero) is 3. The molecule has 9 nitrogen and oxygen atoms in total. The van der Waals surface area contributed by atoms with E-state index in [1.54, 1.807) is 25.1 Å². The highest BCUT2D eigenvalue weighted by molar-refractivity contribution is 6.25. The first-order chi connectivity index (χ1) is 17.0. The number of hydrogen-bond donors (Lipinski definition) is 4. The molecule has 1 aromatic carbocycles. The van der Waals surface area contributed by atoms with Gasteiger partial charge in [0.25, 0.3) is 0 Å². The van der Waals surface area contributed by atoms with Crippen LogP contribution in [0.3, 0.4) is 0 Å². The van der Waals surface area contributed by atoms with Crippen LogP contribution in [0.15, 0.2) is 29.0 Å². The Hall–Kier alpha value is -3.17. The maximum absolute atomic E-state index is 14.0. The van der Waals surface area contributed by atoms with Crippen molar-refractivity contribution in [1.82, 2.24) is 4.90 Å². The maximum Gasteiger partial charge on any atom is 0.202 e. The molecule has 1 fully saturated rings. The highest BCUT2D eigenvalue weighted by Crippen LogP contribution is 2.53. The van der Waals surface area contributed by atoms with Gasteiger partial charge in [0.05, 0.1) is 11.6 Å². The molecule has 0 saturated heterocycles. The van der Waals surface area contributed by atoms with Crippen molar-refractivity contribution in [2.45, 2.75) is 51.7 Å². The third-order valence-corrected chi connectivity index (χ3v) is 7.78. The van der Waals surface area contributed by atoms with Crippen LogP contribution in [0.4, 0.5) is 5.69 Å². The molecule has 3 aliphatic rings. The summed E-state index contributed by atoms with van der Waals surface area (Å²) in [4.78, 5) is 44.2. The molecule has 37 heavy (non-hydrogen) atoms. The number of phenolic OH excluding ortho intramolecular Hbond substituents is 1. The number of ketones is 3. The number of likely N-dealkylation sites (N-methyl/N-ethyl adjacent to an activating group) is 1. The molecule has 0 unspecified atom stereocenters. The van der Waals surface area contributed by atoms with Crippen LogP contribution < -0.4 is 4.90 Å². The number of carbonyl (C=O) groups is 3. The van der Waals surface area contributed by atoms with Gasteiger partial charge in [-0.25, -0.2) is 0 Å². The second-order valence-electron chi connectivity index (χ2n) is 12.1. The Kier molecular flexibility index (Phi) is 6.32. The number of fused-ring (bicyclic) bond motifs is 3. The molecule has 4 N–H and O–H groups in total. The Morgan fingerprint density at radius 3 is 2.24 bits per heavy atom. The fraction of sp³-hybridized carbons (Fsp3) is 0.536. The van der Waals surface area contributed by atoms with E-state index < -0.39 is 63.3 Å². The number of aromatic hydroxyl groups is 1. The van der Waals surface area contributed by atoms with Crippen molar-refractivity contribution in [3.05, 3.63) is 40.2 Å². The predicted octanol–water partition coefficient (Wildman–Crippen LogP) is 2.55. The molecule has 200 valence electrons. The average molecular weight is 513 g/mol. The number of aliphatic hydroxyl groups excluding tert-OH is 2. The Morgan fingerprint density at radius 2 is 1.70 bits per heavy atom. The largest absolute Gasteiger partial charge is 0.508 e. The molecule has 4 rings (SSSR count). The van der Waals surface area contributed by atoms with Crippen molar-refractivity contribution in [2.75, 3.05) is 33.1 Å². The highest BCUT2D eigenvalue weighted by atomic mass is 16.3. The quantitative estimate of drug-likeness (QED) is 0.448. The first-order valence-electron chi connectivity index (χ1n) is 12.4. The number of nitrogens with zero attached hydrogens (tertiary/aromatic N) is 2. The topological polar surface area (TPSA) is 139 Å². The maximum atomic E-state index is 14.0. The van der Waals surface area contributed by atoms with E-state index >= 15 is 0 Å². The van der Waals surface area contributed by atoms with E-state index in [1.165, 1.54) is 6.07 Å². The number of carbonyl (C=O) groups excluding carboxylic acids is 3. The van der Waals surface area contributed by atoms with E-state index in [2.05, 4.69) is 0 Å². The molecule has 1 saturated carbocycles. The number of phenols is 1. The molecule has 4 atom stereocenters. The highest BCUT2D eigenvalue weighted by Gasteiger charge is 2.64. The van der Waals surface area contributed by atoms with Crippen LogP contribution in [-0.4, -0.2) is 82.5 Å². The predicted molar refractivity (Wildman–Crippen MR) is 138 cm³/mol. The van der Waals surface area contributed by atoms with Crippen LogP contribution >= 0.6 is 0 Å². The van der Waals surface area contributed by atoms with E-state index in [0.717, 1.165) is 5.69 Å². The van der Waals surface area contributed by atoms with E-state index in [0.29, 0.717) is 5.56 Å². The average Bonchev–Trinajstić information content (AvgIpc) is 2.74. The van der Waals surface area contributed by atoms with Crippen molar-refractivity contribution >= 4 is 28.8 Å². The lowest BCUT2D eigenvalue weighted by Gasteiger charge is -2.50. The first-order valence-corrected chi connectivity index (χ1v) is 12.4. The second kappa shape index (κ2) is 8.70. The van der Waals surface area contributed by atoms with Gasteiger partial charge in [0.1, 0.15) is 22.8 Å². The van der Waals surface area contributed by atoms with E-state index in [1.807, 2.05) is 39.8 Å². The SMILES string of the molecule is CN(C)c1ccc(O)c2c1C[C@H]1C[C@H]3[C@H](N(C)C)C(=O)C(C(=O)CC(C)(C)C)=C(O)[C@]3(O)C(=O)C1=C2O. The number of benzene rings is 1. The Balaban J connectivity index is 1.96. The minimum absolute atomic E-state index is 0.0711. The summed E-state index contributed by atoms with van der Waals surface area (Å²) < 4.78 is 0. The van der Waals surface area contributed by atoms with E-state index in [9.17, 15) is 34.8 Å². The van der Waals surface area contributed by atoms with Gasteiger partial charge in [-0.3, -0.25) is 19.3 Å². The first kappa shape index (κ1) is 26.9. The van der Waals surface area contributed by atoms with Gasteiger partial charge in [0, 0.05) is 37.7 Å². The number of aliphatic hydroxyl groups is 3. The fourth-order valence-corrected chi connectivity index (χ4v) is 6.25. The summed E-state index contributed by atoms with van der Waals surface area (Å²) >= 11 is 0. The van der Waals surface area contributed by atoms with Crippen LogP contribution in [0.25, 0.3) is 5.76 Å². The molecule has 0 bridgehead atoms. The molecule has 0 aromatic heterocycles. The standard InChI is InChI=1S/C28H36N2O7/c1-27(2,3)12-18(32)21-24(34)22(30(6)7)15-11-13-10-14-16(29(4)5)8-9-17(31)20(14)23(33)19(13)25(35)28(15,37)26(21)36/h8-9,13,15,22,31,33,36-37H,10-12H2,1-7H3/t13-,15-,22-,28+/m0/s1. The lowest BCUT2D eigenvalue weighted by Crippen LogP contribution is -2.65. The van der Waals surface area contributed by atoms with Gasteiger partial charge in [0.2, 0.25) is 5.78 Å². The molecule has 0 aliphatic heterocycles. The minimum Gasteiger partial charge on any atom is -0.508 e. The summed E-state index contributed by atoms with van der Waals surface area (Å²) in [5.41, 5.74) is -2.23. The molecule has 9 heteroatoms. The number of rotatable bonds is 4. The zero-order valence-corrected chi connectivity index (χ0v) is 22.4. The van der Waals surface area contributed by atoms with Crippen LogP contribution in [0.5, 0.6) is 5.75 Å². The zero-order valence-electron chi connectivity index (χ0n) is 22.4. The Labute approximate surface area is 216 Å². The van der Waals surface area contributed by atoms with E-state index in [4.69, 9.17) is 0 Å². The summed E-state index contributed by atoms with van der Waals surface area (Å²) in [6, 6.07) is 2.12. The Morgan fingerprint density at radius 1 is 1.08 bits per heavy atom. The van der Waals surface area contributed by atoms with Crippen molar-refractivity contribution in [2.24, 2.45) is 17.3 Å². The minimum atomic E-state index is -2.57. The summed E-state index contributed by atoms with van der Waals surface area (Å²) in [5.74, 6) is -5.46. The third kappa shape index (κ3) is 3.95. The summed E-state index contributed by atoms with van der Waals surface area (Å²) in [5, 5.41) is 45.0. The van der Waals surface area contributed by atoms with Gasteiger partial charge in [-0.2, -0.15) is 0 Å². The van der Waals surface area contributed by atoms with Crippen LogP contribution in [0.2, 0.25) is 0 Å². The smallest absolute Gasteiger partial charge is 0.202 e. The van der Waals surface area contributed by atoms with Gasteiger partial charge in [-0.1, -0.05) is 20.8 Å². The van der Waals surface area contributed by atoms with Gasteiger partial charge < -0.3 is 25.3 Å². The van der Waals surface area contributed by atoms with Crippen molar-refractivity contribution < 1.29 is 34.8 Å². The summed E-state index contributed by atoms with van der Waals surface area (Å²) in [7, 11) is 6.91. The van der Waals surface area contributed by atoms with Crippen LogP contribution in [-0.2, 0) is 20.8 Å². The lowest BCUT2D eigenvalue weighted by molar-refractivity contribution is -0.153. The van der Waals surface area contributed by atoms with E-state index in [-0.39, 0.29) is 36.1 Å². The molecule has 0 spiro atoms. The monoisotopic (exact) mass is 512 g/mol. The third-order valence-electron chi connectivity index (χ3n) is 7.78. The van der Waals surface area contributed by atoms with Gasteiger partial charge in [0.15, 0.2) is 17.2 Å². The van der Waals surface area contributed by atoms with Crippen molar-refractivity contribution in [1.29, 1.82) is 0 Å². The van der Waals surface area contributed by atoms with Crippen molar-refractivity contribution in [3.63, 3.8) is 0 Å².